The molecule has 0 spiro atoms. The van der Waals surface area contributed by atoms with Gasteiger partial charge in [0, 0.05) is 5.56 Å². The Hall–Kier alpha value is -3.74. The van der Waals surface area contributed by atoms with Crippen molar-refractivity contribution in [3.8, 4) is 0 Å². The molecule has 32 heavy (non-hydrogen) atoms. The summed E-state index contributed by atoms with van der Waals surface area (Å²) in [6.45, 7) is 1.93. The van der Waals surface area contributed by atoms with E-state index in [2.05, 4.69) is 5.43 Å². The lowest BCUT2D eigenvalue weighted by molar-refractivity contribution is -0.136. The van der Waals surface area contributed by atoms with Crippen molar-refractivity contribution in [1.29, 1.82) is 0 Å². The number of rotatable bonds is 5. The van der Waals surface area contributed by atoms with E-state index in [0.29, 0.717) is 21.7 Å². The zero-order valence-corrected chi connectivity index (χ0v) is 18.3. The van der Waals surface area contributed by atoms with Crippen LogP contribution in [0.3, 0.4) is 0 Å². The molecule has 0 saturated heterocycles. The number of hydrogen-bond acceptors (Lipinski definition) is 4. The highest BCUT2D eigenvalue weighted by Gasteiger charge is 2.42. The normalized spacial score (nSPS) is 12.6. The molecule has 6 heteroatoms. The first-order chi connectivity index (χ1) is 15.5. The summed E-state index contributed by atoms with van der Waals surface area (Å²) in [4.78, 5) is 27.4. The van der Waals surface area contributed by atoms with Gasteiger partial charge >= 0.3 is 0 Å². The molecule has 1 heterocycles. The van der Waals surface area contributed by atoms with Crippen LogP contribution in [0.5, 0.6) is 0 Å². The van der Waals surface area contributed by atoms with Gasteiger partial charge in [0.15, 0.2) is 0 Å². The molecule has 5 nitrogen and oxygen atoms in total. The first-order valence-electron chi connectivity index (χ1n) is 10.1. The van der Waals surface area contributed by atoms with E-state index >= 15 is 0 Å². The van der Waals surface area contributed by atoms with E-state index in [1.807, 2.05) is 31.2 Å². The average molecular weight is 443 g/mol. The molecule has 2 amide bonds. The Balaban J connectivity index is 1.75. The number of carbonyl (C=O) groups excluding carboxylic acids is 2. The van der Waals surface area contributed by atoms with Crippen LogP contribution in [0.4, 0.5) is 5.69 Å². The molecule has 1 unspecified atom stereocenters. The summed E-state index contributed by atoms with van der Waals surface area (Å²) in [6, 6.07) is 28.1. The molecule has 0 radical (unpaired) electrons. The fourth-order valence-electron chi connectivity index (χ4n) is 3.37. The Kier molecular flexibility index (Phi) is 6.16. The summed E-state index contributed by atoms with van der Waals surface area (Å²) in [7, 11) is 0. The minimum Gasteiger partial charge on any atom is -0.371 e. The maximum absolute atomic E-state index is 13.6. The molecule has 1 atom stereocenters. The van der Waals surface area contributed by atoms with E-state index in [9.17, 15) is 14.7 Å². The van der Waals surface area contributed by atoms with Crippen molar-refractivity contribution in [1.82, 2.24) is 5.43 Å². The zero-order chi connectivity index (χ0) is 22.6. The lowest BCUT2D eigenvalue weighted by Crippen LogP contribution is -2.54. The molecule has 0 saturated carbocycles. The van der Waals surface area contributed by atoms with Crippen LogP contribution in [0.25, 0.3) is 0 Å². The molecule has 3 aromatic carbocycles. The van der Waals surface area contributed by atoms with Crippen LogP contribution in [0.1, 0.15) is 26.4 Å². The van der Waals surface area contributed by atoms with Gasteiger partial charge in [-0.2, -0.15) is 0 Å². The van der Waals surface area contributed by atoms with Crippen molar-refractivity contribution in [3.63, 3.8) is 0 Å². The van der Waals surface area contributed by atoms with Gasteiger partial charge in [0.05, 0.1) is 10.6 Å². The third-order valence-electron chi connectivity index (χ3n) is 5.13. The van der Waals surface area contributed by atoms with E-state index in [0.717, 1.165) is 5.56 Å². The number of hydrogen-bond donors (Lipinski definition) is 2. The molecule has 4 aromatic rings. The number of amides is 2. The van der Waals surface area contributed by atoms with E-state index in [4.69, 9.17) is 0 Å². The lowest BCUT2D eigenvalue weighted by atomic mass is 9.90. The Bertz CT molecular complexity index is 1190. The van der Waals surface area contributed by atoms with Gasteiger partial charge < -0.3 is 5.11 Å². The number of benzene rings is 3. The number of aryl methyl sites for hydroxylation is 1. The van der Waals surface area contributed by atoms with Crippen LogP contribution in [0.2, 0.25) is 0 Å². The number of nitrogens with one attached hydrogen (secondary N) is 1. The maximum atomic E-state index is 13.6. The quantitative estimate of drug-likeness (QED) is 0.441. The number of hydrazine groups is 1. The molecule has 0 bridgehead atoms. The van der Waals surface area contributed by atoms with Gasteiger partial charge in [-0.1, -0.05) is 72.3 Å². The highest BCUT2D eigenvalue weighted by Crippen LogP contribution is 2.34. The summed E-state index contributed by atoms with van der Waals surface area (Å²) < 4.78 is 0. The van der Waals surface area contributed by atoms with Gasteiger partial charge in [0.2, 0.25) is 5.60 Å². The number of carbonyl (C=O) groups is 2. The van der Waals surface area contributed by atoms with Crippen LogP contribution in [0.15, 0.2) is 102 Å². The van der Waals surface area contributed by atoms with Crippen LogP contribution in [-0.4, -0.2) is 16.9 Å². The third-order valence-corrected chi connectivity index (χ3v) is 6.11. The monoisotopic (exact) mass is 442 g/mol. The van der Waals surface area contributed by atoms with E-state index in [1.54, 1.807) is 78.2 Å². The molecule has 0 aliphatic heterocycles. The molecule has 0 aliphatic carbocycles. The Morgan fingerprint density at radius 2 is 1.47 bits per heavy atom. The highest BCUT2D eigenvalue weighted by molar-refractivity contribution is 7.10. The molecule has 4 rings (SSSR count). The fourth-order valence-corrected chi connectivity index (χ4v) is 4.21. The Labute approximate surface area is 190 Å². The summed E-state index contributed by atoms with van der Waals surface area (Å²) in [5.41, 5.74) is 3.02. The predicted molar refractivity (Wildman–Crippen MR) is 126 cm³/mol. The van der Waals surface area contributed by atoms with Crippen LogP contribution in [0, 0.1) is 6.92 Å². The second-order valence-electron chi connectivity index (χ2n) is 7.34. The number of anilines is 1. The second-order valence-corrected chi connectivity index (χ2v) is 8.28. The molecule has 1 aromatic heterocycles. The molecular formula is C26H22N2O3S. The number of aliphatic hydroxyl groups is 1. The van der Waals surface area contributed by atoms with E-state index in [1.165, 1.54) is 16.3 Å². The number of thiophene rings is 1. The Morgan fingerprint density at radius 1 is 0.844 bits per heavy atom. The molecule has 2 N–H and O–H groups in total. The maximum Gasteiger partial charge on any atom is 0.281 e. The SMILES string of the molecule is Cc1ccc(C(O)(C(=O)NN(C(=O)c2ccccc2)c2ccccc2)c2cccs2)cc1. The van der Waals surface area contributed by atoms with Crippen molar-refractivity contribution in [2.45, 2.75) is 12.5 Å². The first-order valence-corrected chi connectivity index (χ1v) is 11.0. The van der Waals surface area contributed by atoms with Crippen molar-refractivity contribution in [3.05, 3.63) is 124 Å². The van der Waals surface area contributed by atoms with Crippen LogP contribution >= 0.6 is 11.3 Å². The van der Waals surface area contributed by atoms with Crippen molar-refractivity contribution in [2.75, 3.05) is 5.01 Å². The summed E-state index contributed by atoms with van der Waals surface area (Å²) in [6.07, 6.45) is 0. The van der Waals surface area contributed by atoms with Crippen LogP contribution in [-0.2, 0) is 10.4 Å². The van der Waals surface area contributed by atoms with Gasteiger partial charge in [-0.25, -0.2) is 5.01 Å². The number of nitrogens with zero attached hydrogens (tertiary/aromatic N) is 1. The molecule has 0 fully saturated rings. The molecule has 0 aliphatic rings. The van der Waals surface area contributed by atoms with E-state index < -0.39 is 17.4 Å². The largest absolute Gasteiger partial charge is 0.371 e. The van der Waals surface area contributed by atoms with Crippen LogP contribution < -0.4 is 10.4 Å². The minimum absolute atomic E-state index is 0.409. The van der Waals surface area contributed by atoms with Gasteiger partial charge in [-0.15, -0.1) is 11.3 Å². The van der Waals surface area contributed by atoms with Crippen molar-refractivity contribution < 1.29 is 14.7 Å². The summed E-state index contributed by atoms with van der Waals surface area (Å²) in [5, 5.41) is 14.7. The Morgan fingerprint density at radius 3 is 2.06 bits per heavy atom. The first kappa shape index (κ1) is 21.5. The summed E-state index contributed by atoms with van der Waals surface area (Å²) in [5.74, 6) is -1.14. The van der Waals surface area contributed by atoms with Gasteiger partial charge in [0.25, 0.3) is 11.8 Å². The minimum atomic E-state index is -1.97. The fraction of sp³-hybridized carbons (Fsp3) is 0.0769. The van der Waals surface area contributed by atoms with E-state index in [-0.39, 0.29) is 0 Å². The zero-order valence-electron chi connectivity index (χ0n) is 17.4. The van der Waals surface area contributed by atoms with Gasteiger partial charge in [0.1, 0.15) is 0 Å². The lowest BCUT2D eigenvalue weighted by Gasteiger charge is -2.31. The van der Waals surface area contributed by atoms with Gasteiger partial charge in [-0.05, 0) is 48.2 Å². The highest BCUT2D eigenvalue weighted by atomic mass is 32.1. The van der Waals surface area contributed by atoms with Crippen molar-refractivity contribution >= 4 is 28.8 Å². The second kappa shape index (κ2) is 9.18. The topological polar surface area (TPSA) is 69.6 Å². The molecular weight excluding hydrogens is 420 g/mol. The third kappa shape index (κ3) is 4.19. The number of para-hydroxylation sites is 1. The molecule has 160 valence electrons. The summed E-state index contributed by atoms with van der Waals surface area (Å²) >= 11 is 1.27. The van der Waals surface area contributed by atoms with Gasteiger partial charge in [-0.3, -0.25) is 15.0 Å². The smallest absolute Gasteiger partial charge is 0.281 e. The average Bonchev–Trinajstić information content (AvgIpc) is 3.38. The standard InChI is InChI=1S/C26H22N2O3S/c1-19-14-16-21(17-15-19)26(31,23-13-8-18-32-23)25(30)27-28(22-11-6-3-7-12-22)24(29)20-9-4-2-5-10-20/h2-18,31H,1H3,(H,27,30). The predicted octanol–water partition coefficient (Wildman–Crippen LogP) is 4.67. The van der Waals surface area contributed by atoms with Crippen molar-refractivity contribution in [2.24, 2.45) is 0 Å².